The summed E-state index contributed by atoms with van der Waals surface area (Å²) in [6.07, 6.45) is 0. The zero-order chi connectivity index (χ0) is 19.0. The van der Waals surface area contributed by atoms with E-state index in [4.69, 9.17) is 9.79 Å². The highest BCUT2D eigenvalue weighted by molar-refractivity contribution is 8.54. The molecular formula is C15H17O8PS. The molecule has 0 saturated carbocycles. The van der Waals surface area contributed by atoms with E-state index in [-0.39, 0.29) is 22.0 Å². The normalized spacial score (nSPS) is 13.6. The first-order valence-electron chi connectivity index (χ1n) is 6.97. The van der Waals surface area contributed by atoms with Gasteiger partial charge in [-0.25, -0.2) is 4.57 Å². The van der Waals surface area contributed by atoms with Crippen LogP contribution >= 0.6 is 18.2 Å². The Labute approximate surface area is 146 Å². The molecule has 0 aliphatic rings. The molecule has 0 aromatic heterocycles. The van der Waals surface area contributed by atoms with Crippen molar-refractivity contribution in [3.05, 3.63) is 47.5 Å². The van der Waals surface area contributed by atoms with Crippen LogP contribution in [0.1, 0.15) is 24.0 Å². The van der Waals surface area contributed by atoms with Crippen molar-refractivity contribution in [1.82, 2.24) is 0 Å². The molecule has 0 heterocycles. The first kappa shape index (κ1) is 19.6. The molecule has 1 atom stereocenters. The molecule has 7 N–H and O–H groups in total. The molecule has 25 heavy (non-hydrogen) atoms. The van der Waals surface area contributed by atoms with Gasteiger partial charge in [-0.3, -0.25) is 0 Å². The van der Waals surface area contributed by atoms with E-state index in [1.165, 1.54) is 31.2 Å². The molecule has 10 heteroatoms. The van der Waals surface area contributed by atoms with Crippen LogP contribution in [0.4, 0.5) is 0 Å². The lowest BCUT2D eigenvalue weighted by molar-refractivity contribution is -0.187. The summed E-state index contributed by atoms with van der Waals surface area (Å²) in [4.78, 5) is 17.9. The molecule has 2 aromatic rings. The van der Waals surface area contributed by atoms with Crippen molar-refractivity contribution in [2.24, 2.45) is 0 Å². The number of rotatable bonds is 5. The van der Waals surface area contributed by atoms with E-state index < -0.39 is 35.6 Å². The zero-order valence-electron chi connectivity index (χ0n) is 12.9. The van der Waals surface area contributed by atoms with Crippen molar-refractivity contribution in [3.8, 4) is 17.2 Å². The highest BCUT2D eigenvalue weighted by Gasteiger charge is 2.40. The van der Waals surface area contributed by atoms with E-state index >= 15 is 0 Å². The first-order chi connectivity index (χ1) is 11.4. The number of hydrogen-bond acceptors (Lipinski definition) is 7. The largest absolute Gasteiger partial charge is 0.508 e. The van der Waals surface area contributed by atoms with Crippen LogP contribution in [-0.2, 0) is 10.4 Å². The van der Waals surface area contributed by atoms with Crippen LogP contribution in [0.15, 0.2) is 41.3 Å². The van der Waals surface area contributed by atoms with Crippen molar-refractivity contribution in [2.75, 3.05) is 0 Å². The van der Waals surface area contributed by atoms with Crippen molar-refractivity contribution in [1.29, 1.82) is 0 Å². The summed E-state index contributed by atoms with van der Waals surface area (Å²) in [7, 11) is 0. The Bertz CT molecular complexity index is 815. The molecule has 8 nitrogen and oxygen atoms in total. The third kappa shape index (κ3) is 4.46. The van der Waals surface area contributed by atoms with Gasteiger partial charge >= 0.3 is 6.80 Å². The molecular weight excluding hydrogens is 371 g/mol. The Morgan fingerprint density at radius 1 is 1.00 bits per heavy atom. The zero-order valence-corrected chi connectivity index (χ0v) is 14.6. The van der Waals surface area contributed by atoms with Gasteiger partial charge in [-0.2, -0.15) is 0 Å². The van der Waals surface area contributed by atoms with Crippen molar-refractivity contribution >= 4 is 18.2 Å². The van der Waals surface area contributed by atoms with E-state index in [1.807, 2.05) is 0 Å². The molecule has 0 amide bonds. The molecule has 0 fully saturated rings. The van der Waals surface area contributed by atoms with Gasteiger partial charge in [0.1, 0.15) is 17.2 Å². The van der Waals surface area contributed by atoms with Gasteiger partial charge in [-0.05, 0) is 35.1 Å². The molecule has 0 aliphatic heterocycles. The van der Waals surface area contributed by atoms with E-state index in [9.17, 15) is 30.1 Å². The molecule has 1 unspecified atom stereocenters. The second-order valence-electron chi connectivity index (χ2n) is 5.46. The Balaban J connectivity index is 2.57. The summed E-state index contributed by atoms with van der Waals surface area (Å²) < 4.78 is 11.3. The van der Waals surface area contributed by atoms with Crippen molar-refractivity contribution in [3.63, 3.8) is 0 Å². The summed E-state index contributed by atoms with van der Waals surface area (Å²) in [6.45, 7) is -3.27. The fourth-order valence-electron chi connectivity index (χ4n) is 2.37. The van der Waals surface area contributed by atoms with E-state index in [1.54, 1.807) is 0 Å². The van der Waals surface area contributed by atoms with Gasteiger partial charge in [0, 0.05) is 16.9 Å². The lowest BCUT2D eigenvalue weighted by Crippen LogP contribution is -2.32. The molecule has 2 rings (SSSR count). The molecule has 136 valence electrons. The van der Waals surface area contributed by atoms with Crippen LogP contribution in [0.5, 0.6) is 17.2 Å². The maximum Gasteiger partial charge on any atom is 0.388 e. The van der Waals surface area contributed by atoms with E-state index in [2.05, 4.69) is 0 Å². The van der Waals surface area contributed by atoms with Gasteiger partial charge < -0.3 is 35.3 Å². The summed E-state index contributed by atoms with van der Waals surface area (Å²) in [6, 6.07) is 7.31. The molecule has 0 radical (unpaired) electrons. The third-order valence-corrected chi connectivity index (χ3v) is 5.71. The topological polar surface area (TPSA) is 159 Å². The SMILES string of the molecule is CC(c1ccc(O)cc1)C(O)(O)c1c(O)cc(O)cc1SP(=O)(O)O. The summed E-state index contributed by atoms with van der Waals surface area (Å²) >= 11 is -0.0157. The standard InChI is InChI=1S/C15H17O8PS/c1-8(9-2-4-10(16)5-3-9)15(19,20)14-12(18)6-11(17)7-13(14)25-24(21,22)23/h2-8,16-20H,1H3,(H2,21,22,23). The Kier molecular flexibility index (Phi) is 5.38. The average Bonchev–Trinajstić information content (AvgIpc) is 2.44. The minimum Gasteiger partial charge on any atom is -0.508 e. The quantitative estimate of drug-likeness (QED) is 0.300. The predicted molar refractivity (Wildman–Crippen MR) is 90.3 cm³/mol. The van der Waals surface area contributed by atoms with Crippen LogP contribution < -0.4 is 0 Å². The third-order valence-electron chi connectivity index (χ3n) is 3.65. The predicted octanol–water partition coefficient (Wildman–Crippen LogP) is 1.93. The highest BCUT2D eigenvalue weighted by atomic mass is 32.7. The fraction of sp³-hybridized carbons (Fsp3) is 0.200. The summed E-state index contributed by atoms with van der Waals surface area (Å²) in [5.74, 6) is -5.01. The Morgan fingerprint density at radius 2 is 1.56 bits per heavy atom. The van der Waals surface area contributed by atoms with Gasteiger partial charge in [0.25, 0.3) is 0 Å². The lowest BCUT2D eigenvalue weighted by Gasteiger charge is -2.31. The lowest BCUT2D eigenvalue weighted by atomic mass is 9.87. The number of aromatic hydroxyl groups is 3. The smallest absolute Gasteiger partial charge is 0.388 e. The van der Waals surface area contributed by atoms with Gasteiger partial charge in [0.15, 0.2) is 0 Å². The van der Waals surface area contributed by atoms with E-state index in [0.717, 1.165) is 12.1 Å². The maximum atomic E-state index is 11.3. The van der Waals surface area contributed by atoms with Crippen LogP contribution in [0, 0.1) is 0 Å². The number of aliphatic hydroxyl groups is 2. The average molecular weight is 388 g/mol. The summed E-state index contributed by atoms with van der Waals surface area (Å²) in [5.41, 5.74) is -0.151. The number of phenolic OH excluding ortho intramolecular Hbond substituents is 3. The minimum absolute atomic E-state index is 0.0157. The Morgan fingerprint density at radius 3 is 2.08 bits per heavy atom. The van der Waals surface area contributed by atoms with Gasteiger partial charge in [0.2, 0.25) is 5.79 Å². The highest BCUT2D eigenvalue weighted by Crippen LogP contribution is 2.58. The van der Waals surface area contributed by atoms with Crippen molar-refractivity contribution < 1.29 is 39.9 Å². The van der Waals surface area contributed by atoms with Gasteiger partial charge in [-0.1, -0.05) is 19.1 Å². The second kappa shape index (κ2) is 6.87. The van der Waals surface area contributed by atoms with Crippen LogP contribution in [-0.4, -0.2) is 35.3 Å². The van der Waals surface area contributed by atoms with Gasteiger partial charge in [0.05, 0.1) is 5.56 Å². The molecule has 0 bridgehead atoms. The Hall–Kier alpha value is -1.74. The number of phenols is 3. The monoisotopic (exact) mass is 388 g/mol. The first-order valence-corrected chi connectivity index (χ1v) is 10.0. The van der Waals surface area contributed by atoms with Crippen LogP contribution in [0.25, 0.3) is 0 Å². The van der Waals surface area contributed by atoms with Crippen LogP contribution in [0.2, 0.25) is 0 Å². The maximum absolute atomic E-state index is 11.3. The number of hydrogen-bond donors (Lipinski definition) is 7. The summed E-state index contributed by atoms with van der Waals surface area (Å²) in [5, 5.41) is 50.2. The second-order valence-corrected chi connectivity index (χ2v) is 9.04. The fourth-order valence-corrected chi connectivity index (χ4v) is 4.34. The van der Waals surface area contributed by atoms with Crippen molar-refractivity contribution in [2.45, 2.75) is 23.5 Å². The molecule has 2 aromatic carbocycles. The number of benzene rings is 2. The molecule has 0 saturated heterocycles. The molecule has 0 spiro atoms. The van der Waals surface area contributed by atoms with Gasteiger partial charge in [-0.15, -0.1) is 0 Å². The van der Waals surface area contributed by atoms with Crippen LogP contribution in [0.3, 0.4) is 0 Å². The molecule has 0 aliphatic carbocycles. The van der Waals surface area contributed by atoms with E-state index in [0.29, 0.717) is 5.56 Å². The minimum atomic E-state index is -4.69.